The molecule has 14 aromatic rings. The highest BCUT2D eigenvalue weighted by molar-refractivity contribution is 6.29. The Bertz CT molecular complexity index is 4430. The van der Waals surface area contributed by atoms with Gasteiger partial charge in [0.1, 0.15) is 12.1 Å². The number of hydrogen-bond acceptors (Lipinski definition) is 2. The normalized spacial score (nSPS) is 11.9. The first kappa shape index (κ1) is 36.2. The molecule has 0 spiro atoms. The third kappa shape index (κ3) is 4.82. The van der Waals surface area contributed by atoms with Crippen LogP contribution < -0.4 is 0 Å². The molecule has 304 valence electrons. The third-order valence-electron chi connectivity index (χ3n) is 13.8. The highest BCUT2D eigenvalue weighted by Crippen LogP contribution is 2.45. The van der Waals surface area contributed by atoms with E-state index < -0.39 is 0 Å². The van der Waals surface area contributed by atoms with Gasteiger partial charge >= 0.3 is 0 Å². The minimum absolute atomic E-state index is 0.468. The second-order valence-electron chi connectivity index (χ2n) is 17.1. The summed E-state index contributed by atoms with van der Waals surface area (Å²) >= 11 is 0. The minimum Gasteiger partial charge on any atom is -0.309 e. The molecule has 0 unspecified atom stereocenters. The third-order valence-corrected chi connectivity index (χ3v) is 13.8. The van der Waals surface area contributed by atoms with Crippen molar-refractivity contribution in [1.29, 1.82) is 10.5 Å². The maximum atomic E-state index is 11.2. The fourth-order valence-corrected chi connectivity index (χ4v) is 11.1. The van der Waals surface area contributed by atoms with Crippen molar-refractivity contribution in [2.24, 2.45) is 0 Å². The lowest BCUT2D eigenvalue weighted by Gasteiger charge is -2.16. The Balaban J connectivity index is 1.04. The predicted molar refractivity (Wildman–Crippen MR) is 271 cm³/mol. The number of benzene rings is 10. The van der Waals surface area contributed by atoms with Crippen molar-refractivity contribution in [2.45, 2.75) is 0 Å². The summed E-state index contributed by atoms with van der Waals surface area (Å²) in [5.74, 6) is 0. The van der Waals surface area contributed by atoms with Crippen molar-refractivity contribution in [3.05, 3.63) is 217 Å². The van der Waals surface area contributed by atoms with Crippen LogP contribution in [0.2, 0.25) is 0 Å². The molecule has 0 bridgehead atoms. The molecule has 0 N–H and O–H groups in total. The number of aromatic nitrogens is 4. The van der Waals surface area contributed by atoms with Crippen LogP contribution in [0.4, 0.5) is 0 Å². The molecule has 66 heavy (non-hydrogen) atoms. The largest absolute Gasteiger partial charge is 0.309 e. The van der Waals surface area contributed by atoms with Crippen LogP contribution in [0.25, 0.3) is 121 Å². The number of hydrogen-bond donors (Lipinski definition) is 0. The monoisotopic (exact) mass is 838 g/mol. The Morgan fingerprint density at radius 1 is 0.273 bits per heavy atom. The van der Waals surface area contributed by atoms with Gasteiger partial charge in [-0.05, 0) is 95.7 Å². The number of fused-ring (bicyclic) bond motifs is 15. The Labute approximate surface area is 377 Å². The molecule has 0 fully saturated rings. The van der Waals surface area contributed by atoms with Crippen LogP contribution in [-0.4, -0.2) is 18.3 Å². The second kappa shape index (κ2) is 13.6. The van der Waals surface area contributed by atoms with E-state index >= 15 is 0 Å². The molecular weight excluding hydrogens is 805 g/mol. The number of nitrogens with zero attached hydrogens (tertiary/aromatic N) is 6. The average molecular weight is 839 g/mol. The van der Waals surface area contributed by atoms with Gasteiger partial charge in [0.2, 0.25) is 0 Å². The predicted octanol–water partition coefficient (Wildman–Crippen LogP) is 15.0. The maximum absolute atomic E-state index is 11.2. The molecule has 6 nitrogen and oxygen atoms in total. The van der Waals surface area contributed by atoms with Crippen LogP contribution in [0.5, 0.6) is 0 Å². The van der Waals surface area contributed by atoms with Crippen LogP contribution in [0.3, 0.4) is 0 Å². The van der Waals surface area contributed by atoms with E-state index in [1.165, 1.54) is 10.8 Å². The molecule has 0 saturated carbocycles. The van der Waals surface area contributed by atoms with Crippen molar-refractivity contribution in [3.63, 3.8) is 0 Å². The summed E-state index contributed by atoms with van der Waals surface area (Å²) in [6.45, 7) is 0. The van der Waals surface area contributed by atoms with Gasteiger partial charge in [-0.15, -0.1) is 0 Å². The van der Waals surface area contributed by atoms with Gasteiger partial charge < -0.3 is 18.3 Å². The zero-order valence-corrected chi connectivity index (χ0v) is 35.3. The molecule has 0 saturated heterocycles. The van der Waals surface area contributed by atoms with Crippen LogP contribution in [0.1, 0.15) is 11.1 Å². The van der Waals surface area contributed by atoms with Gasteiger partial charge in [-0.2, -0.15) is 10.5 Å². The smallest absolute Gasteiger partial charge is 0.101 e. The van der Waals surface area contributed by atoms with E-state index in [1.807, 2.05) is 24.3 Å². The van der Waals surface area contributed by atoms with Gasteiger partial charge in [0.25, 0.3) is 0 Å². The Kier molecular flexibility index (Phi) is 7.43. The molecule has 4 aromatic heterocycles. The fourth-order valence-electron chi connectivity index (χ4n) is 11.1. The average Bonchev–Trinajstić information content (AvgIpc) is 4.11. The highest BCUT2D eigenvalue weighted by atomic mass is 15.0. The number of rotatable bonds is 4. The molecule has 0 aliphatic carbocycles. The quantitative estimate of drug-likeness (QED) is 0.177. The van der Waals surface area contributed by atoms with Gasteiger partial charge in [-0.3, -0.25) is 0 Å². The van der Waals surface area contributed by atoms with E-state index in [1.54, 1.807) is 0 Å². The van der Waals surface area contributed by atoms with Gasteiger partial charge in [0.05, 0.1) is 66.6 Å². The summed E-state index contributed by atoms with van der Waals surface area (Å²) in [4.78, 5) is 0. The van der Waals surface area contributed by atoms with Crippen LogP contribution in [0.15, 0.2) is 206 Å². The molecule has 6 heteroatoms. The highest BCUT2D eigenvalue weighted by Gasteiger charge is 2.25. The zero-order chi connectivity index (χ0) is 43.6. The zero-order valence-electron chi connectivity index (χ0n) is 35.3. The Morgan fingerprint density at radius 3 is 1.27 bits per heavy atom. The van der Waals surface area contributed by atoms with Crippen LogP contribution in [-0.2, 0) is 0 Å². The van der Waals surface area contributed by atoms with Crippen molar-refractivity contribution < 1.29 is 0 Å². The van der Waals surface area contributed by atoms with Gasteiger partial charge in [-0.25, -0.2) is 0 Å². The molecule has 0 amide bonds. The van der Waals surface area contributed by atoms with E-state index in [4.69, 9.17) is 0 Å². The van der Waals surface area contributed by atoms with Gasteiger partial charge in [-0.1, -0.05) is 121 Å². The lowest BCUT2D eigenvalue weighted by Crippen LogP contribution is -2.04. The Morgan fingerprint density at radius 2 is 0.682 bits per heavy atom. The van der Waals surface area contributed by atoms with Gasteiger partial charge in [0.15, 0.2) is 0 Å². The summed E-state index contributed by atoms with van der Waals surface area (Å²) < 4.78 is 9.05. The molecular formula is C60H34N6. The molecule has 4 heterocycles. The molecule has 0 aliphatic heterocycles. The van der Waals surface area contributed by atoms with Crippen molar-refractivity contribution in [2.75, 3.05) is 0 Å². The van der Waals surface area contributed by atoms with Crippen molar-refractivity contribution in [1.82, 2.24) is 18.3 Å². The molecule has 10 aromatic carbocycles. The van der Waals surface area contributed by atoms with Crippen molar-refractivity contribution in [3.8, 4) is 34.9 Å². The Hall–Kier alpha value is -9.36. The molecule has 14 rings (SSSR count). The maximum Gasteiger partial charge on any atom is 0.101 e. The van der Waals surface area contributed by atoms with Crippen molar-refractivity contribution >= 4 is 98.0 Å². The van der Waals surface area contributed by atoms with E-state index in [0.29, 0.717) is 22.5 Å². The first-order valence-corrected chi connectivity index (χ1v) is 22.1. The first-order valence-electron chi connectivity index (χ1n) is 22.1. The summed E-state index contributed by atoms with van der Waals surface area (Å²) in [5.41, 5.74) is 12.7. The number of nitriles is 2. The first-order chi connectivity index (χ1) is 32.7. The summed E-state index contributed by atoms with van der Waals surface area (Å²) in [6.07, 6.45) is 0. The standard InChI is InChI=1S/C60H34N6/c61-35-38-33-57(66-52-29-27-41(34-47(52)58-42-17-5-4-14-37(42)26-28-53(58)66)64-48-22-10-6-18-43(48)44-19-7-11-23-49(44)64)39(36-62)32-56(38)65-51-25-13-9-21-46(51)60-55(65)31-30-54-59(60)45-20-8-12-24-50(45)63(54)40-15-2-1-3-16-40/h1-34H. The van der Waals surface area contributed by atoms with E-state index in [2.05, 4.69) is 212 Å². The fraction of sp³-hybridized carbons (Fsp3) is 0. The SMILES string of the molecule is N#Cc1cc(-n2c3ccccc3c3c4c5ccccc5n(-c5ccccc5)c4ccc32)c(C#N)cc1-n1c2ccc(-n3c4ccccc4c4ccccc43)cc2c2c3ccccc3ccc21. The van der Waals surface area contributed by atoms with Gasteiger partial charge in [0, 0.05) is 54.5 Å². The molecule has 0 radical (unpaired) electrons. The number of para-hydroxylation sites is 5. The minimum atomic E-state index is 0.468. The van der Waals surface area contributed by atoms with E-state index in [0.717, 1.165) is 98.6 Å². The summed E-state index contributed by atoms with van der Waals surface area (Å²) in [7, 11) is 0. The van der Waals surface area contributed by atoms with Crippen LogP contribution in [0, 0.1) is 22.7 Å². The second-order valence-corrected chi connectivity index (χ2v) is 17.1. The summed E-state index contributed by atoms with van der Waals surface area (Å²) in [5, 5.41) is 33.7. The van der Waals surface area contributed by atoms with Crippen LogP contribution >= 0.6 is 0 Å². The van der Waals surface area contributed by atoms with E-state index in [-0.39, 0.29) is 0 Å². The lowest BCUT2D eigenvalue weighted by atomic mass is 10.0. The lowest BCUT2D eigenvalue weighted by molar-refractivity contribution is 1.12. The summed E-state index contributed by atoms with van der Waals surface area (Å²) in [6, 6.07) is 77.5. The molecule has 0 atom stereocenters. The van der Waals surface area contributed by atoms with E-state index in [9.17, 15) is 10.5 Å². The molecule has 0 aliphatic rings. The topological polar surface area (TPSA) is 67.3 Å².